The Morgan fingerprint density at radius 3 is 1.70 bits per heavy atom. The fourth-order valence-corrected chi connectivity index (χ4v) is 15.8. The molecule has 1 N–H and O–H groups in total. The van der Waals surface area contributed by atoms with Crippen LogP contribution in [0.3, 0.4) is 0 Å². The molecule has 7 aliphatic rings. The first kappa shape index (κ1) is 42.2. The molecule has 0 unspecified atom stereocenters. The fraction of sp³-hybridized carbons (Fsp3) is 0.143. The number of nitrogens with zero attached hydrogens (tertiary/aromatic N) is 3. The number of thioether (sulfide) groups is 3. The van der Waals surface area contributed by atoms with Crippen molar-refractivity contribution in [3.05, 3.63) is 139 Å². The molecule has 0 radical (unpaired) electrons. The number of hydrogen-bond donors (Lipinski definition) is 1. The summed E-state index contributed by atoms with van der Waals surface area (Å²) in [5.74, 6) is 3.70. The number of para-hydroxylation sites is 3. The van der Waals surface area contributed by atoms with Crippen molar-refractivity contribution in [2.45, 2.75) is 33.9 Å². The highest BCUT2D eigenvalue weighted by atomic mass is 32.2. The van der Waals surface area contributed by atoms with Gasteiger partial charge in [0.05, 0.1) is 17.1 Å². The van der Waals surface area contributed by atoms with Crippen molar-refractivity contribution in [1.82, 2.24) is 0 Å². The largest absolute Gasteiger partial charge is 0.458 e. The molecule has 0 aliphatic carbocycles. The molecule has 70 heavy (non-hydrogen) atoms. The second kappa shape index (κ2) is 15.0. The quantitative estimate of drug-likeness (QED) is 0.102. The fourth-order valence-electron chi connectivity index (χ4n) is 13.1. The molecule has 0 aromatic heterocycles. The number of benzene rings is 8. The van der Waals surface area contributed by atoms with Gasteiger partial charge in [-0.15, -0.1) is 35.3 Å². The highest BCUT2D eigenvalue weighted by Crippen LogP contribution is 2.54. The molecular formula is C56H43B3N4O2S5. The van der Waals surface area contributed by atoms with Gasteiger partial charge in [-0.25, -0.2) is 0 Å². The summed E-state index contributed by atoms with van der Waals surface area (Å²) in [5, 5.41) is 4.04. The van der Waals surface area contributed by atoms with Crippen LogP contribution in [-0.2, 0) is 5.41 Å². The van der Waals surface area contributed by atoms with Crippen LogP contribution in [0.2, 0.25) is 0 Å². The summed E-state index contributed by atoms with van der Waals surface area (Å²) < 4.78 is 19.0. The molecular weight excluding hydrogens is 953 g/mol. The van der Waals surface area contributed by atoms with Gasteiger partial charge in [-0.1, -0.05) is 80.6 Å². The molecule has 0 spiro atoms. The minimum Gasteiger partial charge on any atom is -0.458 e. The van der Waals surface area contributed by atoms with Gasteiger partial charge in [-0.3, -0.25) is 8.61 Å². The van der Waals surface area contributed by atoms with Crippen LogP contribution in [-0.4, -0.2) is 51.4 Å². The molecule has 7 heterocycles. The molecule has 8 aromatic carbocycles. The Hall–Kier alpha value is -5.50. The SMILES string of the molecule is CSc1cc2c3c(c1)N(SC)c1cc4c(cc1B3c1ccccc1O2)B1c2cc3c(cc2Oc2cc(SC)cc(c21)N4SC)Nc1cc(SC)cc2c1B3c1cccc3c1N2c1ccccc1C3(C)C. The Labute approximate surface area is 431 Å². The van der Waals surface area contributed by atoms with Crippen molar-refractivity contribution >= 4 is 180 Å². The topological polar surface area (TPSA) is 40.2 Å². The summed E-state index contributed by atoms with van der Waals surface area (Å²) in [4.78, 5) is 6.18. The monoisotopic (exact) mass is 996 g/mol. The van der Waals surface area contributed by atoms with E-state index in [1.165, 1.54) is 115 Å². The van der Waals surface area contributed by atoms with E-state index in [2.05, 4.69) is 191 Å². The minimum absolute atomic E-state index is 0.00119. The average Bonchev–Trinajstić information content (AvgIpc) is 3.38. The van der Waals surface area contributed by atoms with Crippen molar-refractivity contribution in [2.75, 3.05) is 50.1 Å². The van der Waals surface area contributed by atoms with E-state index in [1.807, 2.05) is 0 Å². The summed E-state index contributed by atoms with van der Waals surface area (Å²) >= 11 is 8.86. The second-order valence-corrected chi connectivity index (χ2v) is 23.6. The predicted molar refractivity (Wildman–Crippen MR) is 310 cm³/mol. The smallest absolute Gasteiger partial charge is 0.256 e. The first-order valence-corrected chi connectivity index (χ1v) is 29.7. The van der Waals surface area contributed by atoms with Gasteiger partial charge >= 0.3 is 0 Å². The Balaban J connectivity index is 0.993. The molecule has 0 bridgehead atoms. The van der Waals surface area contributed by atoms with Crippen molar-refractivity contribution in [2.24, 2.45) is 0 Å². The highest BCUT2D eigenvalue weighted by molar-refractivity contribution is 8.00. The third kappa shape index (κ3) is 5.44. The van der Waals surface area contributed by atoms with Crippen molar-refractivity contribution in [3.63, 3.8) is 0 Å². The van der Waals surface area contributed by atoms with Crippen LogP contribution in [0.1, 0.15) is 25.0 Å². The van der Waals surface area contributed by atoms with Crippen molar-refractivity contribution in [1.29, 1.82) is 0 Å². The first-order chi connectivity index (χ1) is 34.2. The van der Waals surface area contributed by atoms with Crippen LogP contribution in [0, 0.1) is 0 Å². The lowest BCUT2D eigenvalue weighted by Gasteiger charge is -2.48. The van der Waals surface area contributed by atoms with Gasteiger partial charge in [0.25, 0.3) is 20.1 Å². The lowest BCUT2D eigenvalue weighted by Crippen LogP contribution is -2.65. The van der Waals surface area contributed by atoms with E-state index in [1.54, 1.807) is 59.2 Å². The number of rotatable bonds is 5. The molecule has 338 valence electrons. The Kier molecular flexibility index (Phi) is 9.06. The zero-order valence-electron chi connectivity index (χ0n) is 39.6. The van der Waals surface area contributed by atoms with Crippen molar-refractivity contribution < 1.29 is 9.47 Å². The molecule has 8 aromatic rings. The van der Waals surface area contributed by atoms with Gasteiger partial charge in [-0.2, -0.15) is 0 Å². The third-order valence-electron chi connectivity index (χ3n) is 16.0. The van der Waals surface area contributed by atoms with E-state index in [0.717, 1.165) is 34.4 Å². The molecule has 0 atom stereocenters. The maximum atomic E-state index is 7.28. The van der Waals surface area contributed by atoms with E-state index in [9.17, 15) is 0 Å². The predicted octanol–water partition coefficient (Wildman–Crippen LogP) is 9.55. The van der Waals surface area contributed by atoms with Gasteiger partial charge in [0.1, 0.15) is 23.0 Å². The summed E-state index contributed by atoms with van der Waals surface area (Å²) in [6.45, 7) is 4.70. The van der Waals surface area contributed by atoms with Gasteiger partial charge in [-0.05, 0) is 158 Å². The zero-order valence-corrected chi connectivity index (χ0v) is 43.6. The highest BCUT2D eigenvalue weighted by Gasteiger charge is 2.50. The lowest BCUT2D eigenvalue weighted by molar-refractivity contribution is 0.486. The van der Waals surface area contributed by atoms with Gasteiger partial charge < -0.3 is 19.7 Å². The summed E-state index contributed by atoms with van der Waals surface area (Å²) in [6.07, 6.45) is 10.9. The Morgan fingerprint density at radius 2 is 1.00 bits per heavy atom. The van der Waals surface area contributed by atoms with Gasteiger partial charge in [0.15, 0.2) is 0 Å². The first-order valence-electron chi connectivity index (χ1n) is 23.7. The van der Waals surface area contributed by atoms with E-state index >= 15 is 0 Å². The van der Waals surface area contributed by atoms with E-state index < -0.39 is 0 Å². The molecule has 0 saturated carbocycles. The lowest BCUT2D eigenvalue weighted by atomic mass is 9.29. The van der Waals surface area contributed by atoms with Gasteiger partial charge in [0, 0.05) is 72.8 Å². The number of nitrogens with one attached hydrogen (secondary N) is 1. The molecule has 0 amide bonds. The average molecular weight is 997 g/mol. The van der Waals surface area contributed by atoms with Crippen LogP contribution in [0.4, 0.5) is 51.2 Å². The maximum absolute atomic E-state index is 7.28. The Bertz CT molecular complexity index is 3700. The normalized spacial score (nSPS) is 15.6. The summed E-state index contributed by atoms with van der Waals surface area (Å²) in [6, 6.07) is 48.7. The molecule has 0 saturated heterocycles. The zero-order chi connectivity index (χ0) is 47.1. The maximum Gasteiger partial charge on any atom is 0.256 e. The standard InChI is InChI=1S/C56H43B3N4O2S5/c1-56(2)32-13-8-10-17-42(32)61-45-20-29(66-3)19-41-52(45)58(35-16-12-14-33(56)55(35)61)36-25-39-49(27-40(36)60-41)65-51-24-31(68-5)22-47-54(51)59(39)38-26-37-43(28-44(38)63(47)70-7)62(69-6)46-21-30(67-4)23-50-53(46)57(37)34-15-9-11-18-48(34)64-50/h8-28,60H,1-7H3. The molecule has 15 rings (SSSR count). The van der Waals surface area contributed by atoms with Crippen LogP contribution in [0.5, 0.6) is 23.0 Å². The van der Waals surface area contributed by atoms with Crippen LogP contribution in [0.15, 0.2) is 142 Å². The summed E-state index contributed by atoms with van der Waals surface area (Å²) in [5.41, 5.74) is 24.8. The van der Waals surface area contributed by atoms with Crippen LogP contribution >= 0.6 is 59.2 Å². The summed E-state index contributed by atoms with van der Waals surface area (Å²) in [7, 11) is 0. The minimum atomic E-state index is -0.186. The van der Waals surface area contributed by atoms with E-state index in [0.29, 0.717) is 0 Å². The number of ether oxygens (including phenoxy) is 2. The van der Waals surface area contributed by atoms with Crippen LogP contribution in [0.25, 0.3) is 0 Å². The molecule has 7 aliphatic heterocycles. The number of fused-ring (bicyclic) bond motifs is 14. The molecule has 14 heteroatoms. The van der Waals surface area contributed by atoms with Gasteiger partial charge in [0.2, 0.25) is 0 Å². The van der Waals surface area contributed by atoms with E-state index in [4.69, 9.17) is 9.47 Å². The number of hydrogen-bond acceptors (Lipinski definition) is 11. The van der Waals surface area contributed by atoms with Crippen molar-refractivity contribution in [3.8, 4) is 23.0 Å². The molecule has 6 nitrogen and oxygen atoms in total. The second-order valence-electron chi connectivity index (χ2n) is 19.5. The van der Waals surface area contributed by atoms with Crippen LogP contribution < -0.4 is 77.5 Å². The Morgan fingerprint density at radius 1 is 0.429 bits per heavy atom. The van der Waals surface area contributed by atoms with E-state index in [-0.39, 0.29) is 25.6 Å². The molecule has 0 fully saturated rings. The number of anilines is 9. The third-order valence-corrected chi connectivity index (χ3v) is 19.6.